The molecule has 0 bridgehead atoms. The van der Waals surface area contributed by atoms with E-state index < -0.39 is 26.7 Å². The maximum absolute atomic E-state index is 12.0. The van der Waals surface area contributed by atoms with Gasteiger partial charge in [0.1, 0.15) is 4.47 Å². The quantitative estimate of drug-likeness (QED) is 0.643. The lowest BCUT2D eigenvalue weighted by Crippen LogP contribution is -2.35. The van der Waals surface area contributed by atoms with Crippen molar-refractivity contribution in [2.45, 2.75) is 12.5 Å². The molecule has 1 aromatic rings. The minimum atomic E-state index is -3.09. The summed E-state index contributed by atoms with van der Waals surface area (Å²) in [5.74, 6) is -0.568. The number of hydrogen-bond acceptors (Lipinski definition) is 5. The first-order valence-electron chi connectivity index (χ1n) is 5.74. The van der Waals surface area contributed by atoms with Crippen LogP contribution in [0.15, 0.2) is 22.7 Å². The van der Waals surface area contributed by atoms with Gasteiger partial charge in [-0.15, -0.1) is 0 Å². The number of carbonyl (C=O) groups is 1. The zero-order chi connectivity index (χ0) is 14.9. The molecule has 108 valence electrons. The number of nitro benzene ring substituents is 1. The standard InChI is InChI=1S/C11H11BrN2O5S/c12-10-8(2-1-3-9(10)14(16)17)11(15)13-7-4-5-20(18,19)6-7/h1-3,7H,4-6H2,(H,13,15). The Morgan fingerprint density at radius 1 is 1.45 bits per heavy atom. The number of halogens is 1. The van der Waals surface area contributed by atoms with Gasteiger partial charge in [-0.3, -0.25) is 14.9 Å². The molecular formula is C11H11BrN2O5S. The van der Waals surface area contributed by atoms with Crippen molar-refractivity contribution in [1.82, 2.24) is 5.32 Å². The van der Waals surface area contributed by atoms with Crippen molar-refractivity contribution in [3.8, 4) is 0 Å². The fourth-order valence-corrected chi connectivity index (χ4v) is 4.27. The van der Waals surface area contributed by atoms with E-state index in [-0.39, 0.29) is 27.2 Å². The van der Waals surface area contributed by atoms with Crippen LogP contribution in [-0.4, -0.2) is 36.8 Å². The van der Waals surface area contributed by atoms with Gasteiger partial charge in [0, 0.05) is 12.1 Å². The van der Waals surface area contributed by atoms with Crippen molar-refractivity contribution in [2.24, 2.45) is 0 Å². The van der Waals surface area contributed by atoms with Crippen LogP contribution in [0, 0.1) is 10.1 Å². The zero-order valence-electron chi connectivity index (χ0n) is 10.2. The molecule has 1 atom stereocenters. The van der Waals surface area contributed by atoms with Crippen molar-refractivity contribution >= 4 is 37.4 Å². The van der Waals surface area contributed by atoms with Crippen LogP contribution in [0.4, 0.5) is 5.69 Å². The summed E-state index contributed by atoms with van der Waals surface area (Å²) in [6.45, 7) is 0. The van der Waals surface area contributed by atoms with E-state index in [1.165, 1.54) is 18.2 Å². The number of nitrogens with zero attached hydrogens (tertiary/aromatic N) is 1. The molecule has 2 rings (SSSR count). The van der Waals surface area contributed by atoms with Gasteiger partial charge < -0.3 is 5.32 Å². The lowest BCUT2D eigenvalue weighted by Gasteiger charge is -2.11. The minimum Gasteiger partial charge on any atom is -0.348 e. The predicted octanol–water partition coefficient (Wildman–Crippen LogP) is 1.27. The molecule has 0 saturated carbocycles. The highest BCUT2D eigenvalue weighted by Crippen LogP contribution is 2.28. The number of benzene rings is 1. The summed E-state index contributed by atoms with van der Waals surface area (Å²) in [6, 6.07) is 3.68. The summed E-state index contributed by atoms with van der Waals surface area (Å²) in [6.07, 6.45) is 0.362. The van der Waals surface area contributed by atoms with Gasteiger partial charge in [0.05, 0.1) is 22.0 Å². The number of nitrogens with one attached hydrogen (secondary N) is 1. The molecule has 1 aliphatic rings. The van der Waals surface area contributed by atoms with Gasteiger partial charge >= 0.3 is 0 Å². The zero-order valence-corrected chi connectivity index (χ0v) is 12.6. The van der Waals surface area contributed by atoms with Crippen LogP contribution in [0.1, 0.15) is 16.8 Å². The van der Waals surface area contributed by atoms with Gasteiger partial charge in [-0.2, -0.15) is 0 Å². The minimum absolute atomic E-state index is 0.0497. The maximum atomic E-state index is 12.0. The van der Waals surface area contributed by atoms with Crippen LogP contribution < -0.4 is 5.32 Å². The van der Waals surface area contributed by atoms with Gasteiger partial charge in [-0.25, -0.2) is 8.42 Å². The van der Waals surface area contributed by atoms with Crippen LogP contribution >= 0.6 is 15.9 Å². The average Bonchev–Trinajstić information content (AvgIpc) is 2.68. The van der Waals surface area contributed by atoms with E-state index in [4.69, 9.17) is 0 Å². The molecule has 20 heavy (non-hydrogen) atoms. The third-order valence-corrected chi connectivity index (χ3v) is 5.59. The number of rotatable bonds is 3. The highest BCUT2D eigenvalue weighted by atomic mass is 79.9. The molecule has 1 N–H and O–H groups in total. The second-order valence-corrected chi connectivity index (χ2v) is 7.49. The summed E-state index contributed by atoms with van der Waals surface area (Å²) in [5, 5.41) is 13.4. The second kappa shape index (κ2) is 5.49. The van der Waals surface area contributed by atoms with Crippen molar-refractivity contribution in [3.63, 3.8) is 0 Å². The molecule has 1 saturated heterocycles. The molecule has 0 radical (unpaired) electrons. The van der Waals surface area contributed by atoms with Crippen LogP contribution in [0.25, 0.3) is 0 Å². The van der Waals surface area contributed by atoms with Crippen LogP contribution in [-0.2, 0) is 9.84 Å². The largest absolute Gasteiger partial charge is 0.348 e. The molecule has 0 spiro atoms. The van der Waals surface area contributed by atoms with E-state index in [0.29, 0.717) is 6.42 Å². The van der Waals surface area contributed by atoms with Gasteiger partial charge in [0.2, 0.25) is 0 Å². The number of amides is 1. The third-order valence-electron chi connectivity index (χ3n) is 2.99. The smallest absolute Gasteiger partial charge is 0.284 e. The van der Waals surface area contributed by atoms with E-state index in [1.807, 2.05) is 0 Å². The molecule has 0 aliphatic carbocycles. The predicted molar refractivity (Wildman–Crippen MR) is 75.3 cm³/mol. The molecule has 1 heterocycles. The van der Waals surface area contributed by atoms with Gasteiger partial charge in [-0.1, -0.05) is 6.07 Å². The maximum Gasteiger partial charge on any atom is 0.284 e. The van der Waals surface area contributed by atoms with Crippen LogP contribution in [0.2, 0.25) is 0 Å². The lowest BCUT2D eigenvalue weighted by molar-refractivity contribution is -0.385. The Morgan fingerprint density at radius 3 is 2.70 bits per heavy atom. The number of carbonyl (C=O) groups excluding carboxylic acids is 1. The Morgan fingerprint density at radius 2 is 2.15 bits per heavy atom. The first kappa shape index (κ1) is 14.9. The van der Waals surface area contributed by atoms with E-state index in [2.05, 4.69) is 21.2 Å². The van der Waals surface area contributed by atoms with Gasteiger partial charge in [0.25, 0.3) is 11.6 Å². The Labute approximate surface area is 123 Å². The summed E-state index contributed by atoms with van der Waals surface area (Å²) < 4.78 is 22.7. The van der Waals surface area contributed by atoms with E-state index >= 15 is 0 Å². The molecule has 1 amide bonds. The van der Waals surface area contributed by atoms with E-state index in [1.54, 1.807) is 0 Å². The number of nitro groups is 1. The fraction of sp³-hybridized carbons (Fsp3) is 0.364. The van der Waals surface area contributed by atoms with E-state index in [9.17, 15) is 23.3 Å². The van der Waals surface area contributed by atoms with Crippen molar-refractivity contribution in [1.29, 1.82) is 0 Å². The van der Waals surface area contributed by atoms with Crippen LogP contribution in [0.5, 0.6) is 0 Å². The van der Waals surface area contributed by atoms with Crippen LogP contribution in [0.3, 0.4) is 0 Å². The Kier molecular flexibility index (Phi) is 4.09. The molecule has 1 aliphatic heterocycles. The second-order valence-electron chi connectivity index (χ2n) is 4.47. The molecule has 1 unspecified atom stereocenters. The normalized spacial score (nSPS) is 20.6. The summed E-state index contributed by atoms with van der Waals surface area (Å²) >= 11 is 3.03. The van der Waals surface area contributed by atoms with Gasteiger partial charge in [-0.05, 0) is 28.4 Å². The number of sulfone groups is 1. The fourth-order valence-electron chi connectivity index (χ4n) is 2.01. The topological polar surface area (TPSA) is 106 Å². The lowest BCUT2D eigenvalue weighted by atomic mass is 10.1. The summed E-state index contributed by atoms with van der Waals surface area (Å²) in [5.41, 5.74) is -0.0970. The molecule has 9 heteroatoms. The highest BCUT2D eigenvalue weighted by Gasteiger charge is 2.30. The molecular weight excluding hydrogens is 352 g/mol. The van der Waals surface area contributed by atoms with Gasteiger partial charge in [0.15, 0.2) is 9.84 Å². The molecule has 1 fully saturated rings. The summed E-state index contributed by atoms with van der Waals surface area (Å²) in [4.78, 5) is 22.2. The van der Waals surface area contributed by atoms with Crippen molar-refractivity contribution in [2.75, 3.05) is 11.5 Å². The molecule has 1 aromatic carbocycles. The Hall–Kier alpha value is -1.48. The monoisotopic (exact) mass is 362 g/mol. The van der Waals surface area contributed by atoms with Crippen molar-refractivity contribution in [3.05, 3.63) is 38.3 Å². The van der Waals surface area contributed by atoms with E-state index in [0.717, 1.165) is 0 Å². The third kappa shape index (κ3) is 3.15. The molecule has 7 nitrogen and oxygen atoms in total. The number of hydrogen-bond donors (Lipinski definition) is 1. The first-order chi connectivity index (χ1) is 9.30. The highest BCUT2D eigenvalue weighted by molar-refractivity contribution is 9.10. The first-order valence-corrected chi connectivity index (χ1v) is 8.36. The Balaban J connectivity index is 2.18. The average molecular weight is 363 g/mol. The Bertz CT molecular complexity index is 673. The SMILES string of the molecule is O=C(NC1CCS(=O)(=O)C1)c1cccc([N+](=O)[O-])c1Br. The summed E-state index contributed by atoms with van der Waals surface area (Å²) in [7, 11) is -3.09. The molecule has 0 aromatic heterocycles. The van der Waals surface area contributed by atoms with Crippen molar-refractivity contribution < 1.29 is 18.1 Å².